The average molecular weight is 627 g/mol. The first-order chi connectivity index (χ1) is 24.2. The lowest BCUT2D eigenvalue weighted by atomic mass is 9.79. The molecule has 1 atom stereocenters. The van der Waals surface area contributed by atoms with Crippen LogP contribution in [-0.2, 0) is 0 Å². The van der Waals surface area contributed by atoms with E-state index in [2.05, 4.69) is 163 Å². The lowest BCUT2D eigenvalue weighted by Crippen LogP contribution is -2.06. The minimum atomic E-state index is 0.355. The highest BCUT2D eigenvalue weighted by atomic mass is 14.6. The van der Waals surface area contributed by atoms with Crippen LogP contribution in [0, 0.1) is 5.92 Å². The number of hydrogen-bond donors (Lipinski definition) is 0. The number of fused-ring (bicyclic) bond motifs is 6. The summed E-state index contributed by atoms with van der Waals surface area (Å²) >= 11 is 0. The van der Waals surface area contributed by atoms with Crippen molar-refractivity contribution >= 4 is 43.5 Å². The molecule has 0 aliphatic heterocycles. The van der Waals surface area contributed by atoms with Gasteiger partial charge >= 0.3 is 0 Å². The molecule has 2 heteroatoms. The van der Waals surface area contributed by atoms with Crippen LogP contribution in [0.15, 0.2) is 170 Å². The standard InChI is InChI=1S/C47H34N2/c1-31-26-34(35-15-17-46-44-12-5-4-10-42(44)43-11-6-7-13-45(43)47(46)30-35)14-16-39(31)41-9-3-2-8-40(41)38-28-36(32-18-22-48-23-19-32)27-37(29-38)33-20-24-49-25-21-33/h2-25,27-31H,26H2,1H3. The molecule has 232 valence electrons. The molecule has 0 bridgehead atoms. The van der Waals surface area contributed by atoms with Crippen molar-refractivity contribution < 1.29 is 0 Å². The second-order valence-corrected chi connectivity index (χ2v) is 13.1. The van der Waals surface area contributed by atoms with Crippen LogP contribution in [0.4, 0.5) is 0 Å². The van der Waals surface area contributed by atoms with E-state index >= 15 is 0 Å². The SMILES string of the molecule is CC1CC(c2ccc3c4ccccc4c4ccccc4c3c2)=CC=C1c1ccccc1-c1cc(-c2ccncc2)cc(-c2ccncc2)c1. The zero-order valence-corrected chi connectivity index (χ0v) is 27.3. The molecular weight excluding hydrogens is 593 g/mol. The van der Waals surface area contributed by atoms with Gasteiger partial charge in [-0.25, -0.2) is 0 Å². The summed E-state index contributed by atoms with van der Waals surface area (Å²) in [5.41, 5.74) is 12.4. The molecule has 0 spiro atoms. The lowest BCUT2D eigenvalue weighted by molar-refractivity contribution is 0.771. The summed E-state index contributed by atoms with van der Waals surface area (Å²) in [6.45, 7) is 2.37. The van der Waals surface area contributed by atoms with Crippen molar-refractivity contribution in [3.8, 4) is 33.4 Å². The molecule has 2 aromatic heterocycles. The Bertz CT molecular complexity index is 2490. The summed E-state index contributed by atoms with van der Waals surface area (Å²) in [6, 6.07) is 48.8. The lowest BCUT2D eigenvalue weighted by Gasteiger charge is -2.25. The Morgan fingerprint density at radius 1 is 0.408 bits per heavy atom. The van der Waals surface area contributed by atoms with Crippen LogP contribution in [0.3, 0.4) is 0 Å². The maximum absolute atomic E-state index is 4.26. The fourth-order valence-electron chi connectivity index (χ4n) is 7.73. The Hall–Kier alpha value is -6.12. The highest BCUT2D eigenvalue weighted by Gasteiger charge is 2.21. The van der Waals surface area contributed by atoms with Crippen molar-refractivity contribution in [2.45, 2.75) is 13.3 Å². The number of aromatic nitrogens is 2. The van der Waals surface area contributed by atoms with Gasteiger partial charge in [0.25, 0.3) is 0 Å². The van der Waals surface area contributed by atoms with Crippen molar-refractivity contribution in [1.82, 2.24) is 9.97 Å². The molecule has 0 fully saturated rings. The third-order valence-corrected chi connectivity index (χ3v) is 10.1. The molecular formula is C47H34N2. The zero-order valence-electron chi connectivity index (χ0n) is 27.3. The van der Waals surface area contributed by atoms with Crippen LogP contribution in [0.25, 0.3) is 76.8 Å². The van der Waals surface area contributed by atoms with Crippen molar-refractivity contribution in [3.63, 3.8) is 0 Å². The Balaban J connectivity index is 1.15. The molecule has 2 nitrogen and oxygen atoms in total. The predicted octanol–water partition coefficient (Wildman–Crippen LogP) is 12.4. The fraction of sp³-hybridized carbons (Fsp3) is 0.0638. The Morgan fingerprint density at radius 3 is 1.47 bits per heavy atom. The van der Waals surface area contributed by atoms with Crippen molar-refractivity contribution in [2.75, 3.05) is 0 Å². The largest absolute Gasteiger partial charge is 0.265 e. The first kappa shape index (κ1) is 29.1. The van der Waals surface area contributed by atoms with Crippen molar-refractivity contribution in [1.29, 1.82) is 0 Å². The molecule has 8 aromatic rings. The topological polar surface area (TPSA) is 25.8 Å². The van der Waals surface area contributed by atoms with E-state index in [0.29, 0.717) is 5.92 Å². The minimum Gasteiger partial charge on any atom is -0.265 e. The highest BCUT2D eigenvalue weighted by Crippen LogP contribution is 2.43. The molecule has 0 saturated carbocycles. The van der Waals surface area contributed by atoms with Gasteiger partial charge < -0.3 is 0 Å². The van der Waals surface area contributed by atoms with E-state index in [-0.39, 0.29) is 0 Å². The Kier molecular flexibility index (Phi) is 7.21. The number of rotatable bonds is 5. The number of nitrogens with zero attached hydrogens (tertiary/aromatic N) is 2. The first-order valence-corrected chi connectivity index (χ1v) is 17.0. The smallest absolute Gasteiger partial charge is 0.0273 e. The fourth-order valence-corrected chi connectivity index (χ4v) is 7.73. The normalized spacial score (nSPS) is 14.6. The van der Waals surface area contributed by atoms with Gasteiger partial charge in [0.2, 0.25) is 0 Å². The van der Waals surface area contributed by atoms with Crippen LogP contribution in [-0.4, -0.2) is 9.97 Å². The van der Waals surface area contributed by atoms with E-state index in [9.17, 15) is 0 Å². The summed E-state index contributed by atoms with van der Waals surface area (Å²) in [6.07, 6.45) is 13.1. The maximum atomic E-state index is 4.26. The minimum absolute atomic E-state index is 0.355. The second kappa shape index (κ2) is 12.2. The zero-order chi connectivity index (χ0) is 32.7. The van der Waals surface area contributed by atoms with E-state index in [4.69, 9.17) is 0 Å². The molecule has 0 amide bonds. The van der Waals surface area contributed by atoms with Crippen molar-refractivity contribution in [2.24, 2.45) is 5.92 Å². The Morgan fingerprint density at radius 2 is 0.898 bits per heavy atom. The molecule has 1 aliphatic carbocycles. The molecule has 9 rings (SSSR count). The molecule has 1 unspecified atom stereocenters. The van der Waals surface area contributed by atoms with Gasteiger partial charge in [-0.1, -0.05) is 104 Å². The van der Waals surface area contributed by atoms with Gasteiger partial charge in [-0.05, 0) is 149 Å². The summed E-state index contributed by atoms with van der Waals surface area (Å²) in [7, 11) is 0. The third kappa shape index (κ3) is 5.23. The van der Waals surface area contributed by atoms with Gasteiger partial charge in [-0.15, -0.1) is 0 Å². The van der Waals surface area contributed by atoms with Gasteiger partial charge in [0.1, 0.15) is 0 Å². The summed E-state index contributed by atoms with van der Waals surface area (Å²) < 4.78 is 0. The van der Waals surface area contributed by atoms with Gasteiger partial charge in [0.15, 0.2) is 0 Å². The number of pyridine rings is 2. The molecule has 6 aromatic carbocycles. The molecule has 0 radical (unpaired) electrons. The molecule has 0 saturated heterocycles. The molecule has 0 N–H and O–H groups in total. The predicted molar refractivity (Wildman–Crippen MR) is 207 cm³/mol. The number of hydrogen-bond acceptors (Lipinski definition) is 2. The van der Waals surface area contributed by atoms with Gasteiger partial charge in [0, 0.05) is 24.8 Å². The van der Waals surface area contributed by atoms with E-state index in [1.807, 2.05) is 24.8 Å². The third-order valence-electron chi connectivity index (χ3n) is 10.1. The van der Waals surface area contributed by atoms with Gasteiger partial charge in [0.05, 0.1) is 0 Å². The monoisotopic (exact) mass is 626 g/mol. The van der Waals surface area contributed by atoms with E-state index in [1.165, 1.54) is 76.8 Å². The van der Waals surface area contributed by atoms with Crippen LogP contribution in [0.5, 0.6) is 0 Å². The van der Waals surface area contributed by atoms with Crippen LogP contribution in [0.1, 0.15) is 24.5 Å². The number of allylic oxidation sites excluding steroid dienone is 4. The average Bonchev–Trinajstić information content (AvgIpc) is 3.18. The Labute approximate surface area is 286 Å². The summed E-state index contributed by atoms with van der Waals surface area (Å²) in [4.78, 5) is 8.53. The molecule has 49 heavy (non-hydrogen) atoms. The van der Waals surface area contributed by atoms with E-state index in [1.54, 1.807) is 0 Å². The molecule has 2 heterocycles. The van der Waals surface area contributed by atoms with Gasteiger partial charge in [-0.3, -0.25) is 9.97 Å². The van der Waals surface area contributed by atoms with Crippen LogP contribution < -0.4 is 0 Å². The summed E-state index contributed by atoms with van der Waals surface area (Å²) in [5, 5.41) is 7.88. The van der Waals surface area contributed by atoms with E-state index < -0.39 is 0 Å². The van der Waals surface area contributed by atoms with Crippen LogP contribution >= 0.6 is 0 Å². The van der Waals surface area contributed by atoms with E-state index in [0.717, 1.165) is 17.5 Å². The number of benzene rings is 6. The molecule has 1 aliphatic rings. The highest BCUT2D eigenvalue weighted by molar-refractivity contribution is 6.25. The van der Waals surface area contributed by atoms with Crippen molar-refractivity contribution in [3.05, 3.63) is 182 Å². The van der Waals surface area contributed by atoms with Gasteiger partial charge in [-0.2, -0.15) is 0 Å². The maximum Gasteiger partial charge on any atom is 0.0273 e. The quantitative estimate of drug-likeness (QED) is 0.178. The van der Waals surface area contributed by atoms with Crippen LogP contribution in [0.2, 0.25) is 0 Å². The first-order valence-electron chi connectivity index (χ1n) is 17.0. The summed E-state index contributed by atoms with van der Waals surface area (Å²) in [5.74, 6) is 0.355. The second-order valence-electron chi connectivity index (χ2n) is 13.1.